The maximum atomic E-state index is 12.9. The molecular formula is C13H16FNO. The Morgan fingerprint density at radius 1 is 1.50 bits per heavy atom. The van der Waals surface area contributed by atoms with E-state index in [2.05, 4.69) is 6.07 Å². The third kappa shape index (κ3) is 2.80. The lowest BCUT2D eigenvalue weighted by Gasteiger charge is -2.18. The number of hydrogen-bond donors (Lipinski definition) is 1. The molecule has 2 atom stereocenters. The van der Waals surface area contributed by atoms with E-state index in [0.717, 1.165) is 6.42 Å². The van der Waals surface area contributed by atoms with Crippen LogP contribution in [-0.2, 0) is 0 Å². The van der Waals surface area contributed by atoms with Gasteiger partial charge in [-0.1, -0.05) is 19.4 Å². The molecule has 16 heavy (non-hydrogen) atoms. The second-order valence-corrected chi connectivity index (χ2v) is 3.97. The summed E-state index contributed by atoms with van der Waals surface area (Å²) < 4.78 is 12.9. The first-order chi connectivity index (χ1) is 7.60. The van der Waals surface area contributed by atoms with Crippen molar-refractivity contribution in [2.45, 2.75) is 32.8 Å². The molecule has 0 aromatic heterocycles. The standard InChI is InChI=1S/C13H16FNO/c1-3-4-10(8-15)13(16)12-6-5-11(14)7-9(12)2/h5-7,10,13,16H,3-4H2,1-2H3. The van der Waals surface area contributed by atoms with E-state index in [9.17, 15) is 9.50 Å². The molecule has 0 fully saturated rings. The number of benzene rings is 1. The van der Waals surface area contributed by atoms with Gasteiger partial charge < -0.3 is 5.11 Å². The van der Waals surface area contributed by atoms with E-state index >= 15 is 0 Å². The van der Waals surface area contributed by atoms with Gasteiger partial charge in [0.25, 0.3) is 0 Å². The first-order valence-corrected chi connectivity index (χ1v) is 5.43. The third-order valence-corrected chi connectivity index (χ3v) is 2.70. The van der Waals surface area contributed by atoms with Gasteiger partial charge in [0, 0.05) is 0 Å². The van der Waals surface area contributed by atoms with Crippen LogP contribution in [0.25, 0.3) is 0 Å². The minimum absolute atomic E-state index is 0.322. The zero-order valence-electron chi connectivity index (χ0n) is 9.57. The lowest BCUT2D eigenvalue weighted by molar-refractivity contribution is 0.129. The Morgan fingerprint density at radius 3 is 2.69 bits per heavy atom. The molecule has 0 aliphatic carbocycles. The van der Waals surface area contributed by atoms with Gasteiger partial charge in [0.15, 0.2) is 0 Å². The molecule has 0 bridgehead atoms. The van der Waals surface area contributed by atoms with E-state index in [0.29, 0.717) is 17.5 Å². The van der Waals surface area contributed by atoms with Crippen molar-refractivity contribution in [2.24, 2.45) is 5.92 Å². The molecule has 0 radical (unpaired) electrons. The highest BCUT2D eigenvalue weighted by Gasteiger charge is 2.21. The van der Waals surface area contributed by atoms with Crippen LogP contribution in [0.4, 0.5) is 4.39 Å². The van der Waals surface area contributed by atoms with Crippen LogP contribution in [0.5, 0.6) is 0 Å². The third-order valence-electron chi connectivity index (χ3n) is 2.70. The van der Waals surface area contributed by atoms with Crippen LogP contribution in [-0.4, -0.2) is 5.11 Å². The maximum absolute atomic E-state index is 12.9. The Hall–Kier alpha value is -1.40. The molecule has 0 aliphatic heterocycles. The van der Waals surface area contributed by atoms with Gasteiger partial charge in [-0.25, -0.2) is 4.39 Å². The van der Waals surface area contributed by atoms with Gasteiger partial charge >= 0.3 is 0 Å². The van der Waals surface area contributed by atoms with Gasteiger partial charge in [0.2, 0.25) is 0 Å². The summed E-state index contributed by atoms with van der Waals surface area (Å²) >= 11 is 0. The fourth-order valence-corrected chi connectivity index (χ4v) is 1.79. The minimum atomic E-state index is -0.828. The predicted molar refractivity (Wildman–Crippen MR) is 60.1 cm³/mol. The van der Waals surface area contributed by atoms with Crippen molar-refractivity contribution < 1.29 is 9.50 Å². The van der Waals surface area contributed by atoms with E-state index in [1.165, 1.54) is 12.1 Å². The number of hydrogen-bond acceptors (Lipinski definition) is 2. The zero-order chi connectivity index (χ0) is 12.1. The normalized spacial score (nSPS) is 14.2. The van der Waals surface area contributed by atoms with E-state index in [1.54, 1.807) is 13.0 Å². The number of rotatable bonds is 4. The molecule has 1 aromatic rings. The molecule has 0 amide bonds. The number of aryl methyl sites for hydroxylation is 1. The molecule has 0 aliphatic rings. The summed E-state index contributed by atoms with van der Waals surface area (Å²) in [7, 11) is 0. The van der Waals surface area contributed by atoms with Gasteiger partial charge in [0.1, 0.15) is 5.82 Å². The smallest absolute Gasteiger partial charge is 0.123 e. The minimum Gasteiger partial charge on any atom is -0.387 e. The molecule has 0 heterocycles. The van der Waals surface area contributed by atoms with E-state index in [4.69, 9.17) is 5.26 Å². The van der Waals surface area contributed by atoms with Crippen LogP contribution in [0.1, 0.15) is 37.0 Å². The van der Waals surface area contributed by atoms with Gasteiger partial charge in [-0.05, 0) is 36.6 Å². The number of aliphatic hydroxyl groups is 1. The van der Waals surface area contributed by atoms with Crippen LogP contribution in [0.15, 0.2) is 18.2 Å². The van der Waals surface area contributed by atoms with Crippen LogP contribution in [0.2, 0.25) is 0 Å². The lowest BCUT2D eigenvalue weighted by atomic mass is 9.91. The highest BCUT2D eigenvalue weighted by molar-refractivity contribution is 5.29. The molecule has 2 nitrogen and oxygen atoms in total. The summed E-state index contributed by atoms with van der Waals surface area (Å²) in [5.74, 6) is -0.744. The van der Waals surface area contributed by atoms with Gasteiger partial charge in [-0.2, -0.15) is 5.26 Å². The van der Waals surface area contributed by atoms with Crippen molar-refractivity contribution in [2.75, 3.05) is 0 Å². The molecule has 2 unspecified atom stereocenters. The summed E-state index contributed by atoms with van der Waals surface area (Å²) in [6.45, 7) is 3.70. The van der Waals surface area contributed by atoms with Gasteiger partial charge in [-0.15, -0.1) is 0 Å². The van der Waals surface area contributed by atoms with Crippen molar-refractivity contribution in [1.82, 2.24) is 0 Å². The number of aliphatic hydroxyl groups excluding tert-OH is 1. The van der Waals surface area contributed by atoms with E-state index in [1.807, 2.05) is 6.92 Å². The monoisotopic (exact) mass is 221 g/mol. The van der Waals surface area contributed by atoms with Crippen molar-refractivity contribution in [3.8, 4) is 6.07 Å². The lowest BCUT2D eigenvalue weighted by Crippen LogP contribution is -2.12. The summed E-state index contributed by atoms with van der Waals surface area (Å²) in [5.41, 5.74) is 1.32. The van der Waals surface area contributed by atoms with Crippen molar-refractivity contribution in [3.63, 3.8) is 0 Å². The maximum Gasteiger partial charge on any atom is 0.123 e. The average molecular weight is 221 g/mol. The fourth-order valence-electron chi connectivity index (χ4n) is 1.79. The largest absolute Gasteiger partial charge is 0.387 e. The zero-order valence-corrected chi connectivity index (χ0v) is 9.57. The number of nitriles is 1. The Kier molecular flexibility index (Phi) is 4.45. The molecule has 86 valence electrons. The number of halogens is 1. The Balaban J connectivity index is 2.95. The molecular weight excluding hydrogens is 205 g/mol. The molecule has 0 saturated heterocycles. The SMILES string of the molecule is CCCC(C#N)C(O)c1ccc(F)cc1C. The van der Waals surface area contributed by atoms with Crippen molar-refractivity contribution >= 4 is 0 Å². The molecule has 3 heteroatoms. The fraction of sp³-hybridized carbons (Fsp3) is 0.462. The second kappa shape index (κ2) is 5.62. The van der Waals surface area contributed by atoms with Gasteiger partial charge in [0.05, 0.1) is 18.1 Å². The first kappa shape index (κ1) is 12.7. The summed E-state index contributed by atoms with van der Waals surface area (Å²) in [4.78, 5) is 0. The molecule has 0 saturated carbocycles. The quantitative estimate of drug-likeness (QED) is 0.849. The predicted octanol–water partition coefficient (Wildman–Crippen LogP) is 3.11. The molecule has 1 N–H and O–H groups in total. The topological polar surface area (TPSA) is 44.0 Å². The molecule has 0 spiro atoms. The van der Waals surface area contributed by atoms with Crippen molar-refractivity contribution in [3.05, 3.63) is 35.1 Å². The van der Waals surface area contributed by atoms with Crippen LogP contribution in [0, 0.1) is 30.0 Å². The Bertz CT molecular complexity index is 397. The summed E-state index contributed by atoms with van der Waals surface area (Å²) in [6, 6.07) is 6.34. The summed E-state index contributed by atoms with van der Waals surface area (Å²) in [6.07, 6.45) is 0.662. The van der Waals surface area contributed by atoms with Crippen LogP contribution >= 0.6 is 0 Å². The van der Waals surface area contributed by atoms with Crippen LogP contribution < -0.4 is 0 Å². The Morgan fingerprint density at radius 2 is 2.19 bits per heavy atom. The van der Waals surface area contributed by atoms with Crippen LogP contribution in [0.3, 0.4) is 0 Å². The molecule has 1 aromatic carbocycles. The second-order valence-electron chi connectivity index (χ2n) is 3.97. The summed E-state index contributed by atoms with van der Waals surface area (Å²) in [5, 5.41) is 19.0. The molecule has 1 rings (SSSR count). The highest BCUT2D eigenvalue weighted by Crippen LogP contribution is 2.27. The Labute approximate surface area is 95.3 Å². The highest BCUT2D eigenvalue weighted by atomic mass is 19.1. The average Bonchev–Trinajstić information content (AvgIpc) is 2.25. The first-order valence-electron chi connectivity index (χ1n) is 5.43. The van der Waals surface area contributed by atoms with Gasteiger partial charge in [-0.3, -0.25) is 0 Å². The van der Waals surface area contributed by atoms with Crippen molar-refractivity contribution in [1.29, 1.82) is 5.26 Å². The van der Waals surface area contributed by atoms with E-state index < -0.39 is 12.0 Å². The number of nitrogens with zero attached hydrogens (tertiary/aromatic N) is 1. The van der Waals surface area contributed by atoms with E-state index in [-0.39, 0.29) is 5.82 Å².